The number of ether oxygens (including phenoxy) is 1. The van der Waals surface area contributed by atoms with Crippen LogP contribution in [0.15, 0.2) is 15.9 Å². The molecule has 0 atom stereocenters. The Bertz CT molecular complexity index is 669. The number of aryl methyl sites for hydroxylation is 2. The van der Waals surface area contributed by atoms with Crippen LogP contribution in [0.5, 0.6) is 0 Å². The Labute approximate surface area is 120 Å². The fourth-order valence-corrected chi connectivity index (χ4v) is 2.74. The second-order valence-corrected chi connectivity index (χ2v) is 5.24. The van der Waals surface area contributed by atoms with Crippen LogP contribution in [0.2, 0.25) is 0 Å². The third kappa shape index (κ3) is 2.46. The number of rotatable bonds is 3. The van der Waals surface area contributed by atoms with E-state index in [1.54, 1.807) is 18.4 Å². The highest BCUT2D eigenvalue weighted by atomic mass is 32.1. The average Bonchev–Trinajstić information content (AvgIpc) is 2.94. The van der Waals surface area contributed by atoms with E-state index in [1.165, 1.54) is 18.4 Å². The Morgan fingerprint density at radius 2 is 1.95 bits per heavy atom. The molecular weight excluding hydrogens is 278 g/mol. The highest BCUT2D eigenvalue weighted by molar-refractivity contribution is 7.12. The van der Waals surface area contributed by atoms with Crippen molar-refractivity contribution in [3.8, 4) is 0 Å². The van der Waals surface area contributed by atoms with Crippen LogP contribution in [0, 0.1) is 20.8 Å². The number of furan rings is 1. The Kier molecular flexibility index (Phi) is 3.94. The zero-order chi connectivity index (χ0) is 14.9. The summed E-state index contributed by atoms with van der Waals surface area (Å²) < 4.78 is 10.1. The first-order valence-electron chi connectivity index (χ1n) is 5.99. The normalized spacial score (nSPS) is 10.4. The number of carbonyl (C=O) groups excluding carboxylic acids is 2. The molecule has 0 aliphatic heterocycles. The topological polar surface area (TPSA) is 68.5 Å². The molecule has 20 heavy (non-hydrogen) atoms. The number of hydrogen-bond acceptors (Lipinski definition) is 5. The highest BCUT2D eigenvalue weighted by Gasteiger charge is 2.21. The summed E-state index contributed by atoms with van der Waals surface area (Å²) in [4.78, 5) is 24.3. The molecule has 5 nitrogen and oxygen atoms in total. The number of carbonyl (C=O) groups is 2. The van der Waals surface area contributed by atoms with E-state index in [0.717, 1.165) is 5.56 Å². The number of thiophene rings is 1. The molecule has 0 spiro atoms. The summed E-state index contributed by atoms with van der Waals surface area (Å²) in [6.45, 7) is 5.38. The molecule has 2 aromatic heterocycles. The third-order valence-corrected chi connectivity index (χ3v) is 3.97. The molecule has 0 saturated carbocycles. The number of esters is 1. The zero-order valence-electron chi connectivity index (χ0n) is 11.7. The van der Waals surface area contributed by atoms with Crippen LogP contribution in [-0.4, -0.2) is 19.0 Å². The molecule has 1 amide bonds. The maximum atomic E-state index is 12.3. The SMILES string of the molecule is COC(=O)c1sccc1NC(=O)c1c(C)oc(C)c1C. The van der Waals surface area contributed by atoms with Gasteiger partial charge in [-0.25, -0.2) is 4.79 Å². The van der Waals surface area contributed by atoms with Crippen molar-refractivity contribution in [2.45, 2.75) is 20.8 Å². The molecular formula is C14H15NO4S. The largest absolute Gasteiger partial charge is 0.466 e. The molecule has 1 N–H and O–H groups in total. The van der Waals surface area contributed by atoms with Crippen molar-refractivity contribution in [3.05, 3.63) is 39.0 Å². The van der Waals surface area contributed by atoms with Crippen LogP contribution >= 0.6 is 11.3 Å². The van der Waals surface area contributed by atoms with Crippen molar-refractivity contribution in [3.63, 3.8) is 0 Å². The van der Waals surface area contributed by atoms with Gasteiger partial charge >= 0.3 is 5.97 Å². The molecule has 2 aromatic rings. The van der Waals surface area contributed by atoms with Crippen LogP contribution in [0.4, 0.5) is 5.69 Å². The fourth-order valence-electron chi connectivity index (χ4n) is 1.97. The van der Waals surface area contributed by atoms with E-state index in [-0.39, 0.29) is 5.91 Å². The van der Waals surface area contributed by atoms with Crippen molar-refractivity contribution < 1.29 is 18.7 Å². The Balaban J connectivity index is 2.29. The van der Waals surface area contributed by atoms with Gasteiger partial charge < -0.3 is 14.5 Å². The third-order valence-electron chi connectivity index (χ3n) is 3.07. The molecule has 0 bridgehead atoms. The average molecular weight is 293 g/mol. The summed E-state index contributed by atoms with van der Waals surface area (Å²) in [5.41, 5.74) is 1.75. The summed E-state index contributed by atoms with van der Waals surface area (Å²) >= 11 is 1.22. The molecule has 0 aliphatic rings. The summed E-state index contributed by atoms with van der Waals surface area (Å²) in [5.74, 6) is 0.519. The molecule has 0 unspecified atom stereocenters. The van der Waals surface area contributed by atoms with E-state index >= 15 is 0 Å². The van der Waals surface area contributed by atoms with E-state index < -0.39 is 5.97 Å². The van der Waals surface area contributed by atoms with Gasteiger partial charge in [0.05, 0.1) is 18.4 Å². The minimum absolute atomic E-state index is 0.291. The van der Waals surface area contributed by atoms with E-state index in [2.05, 4.69) is 10.1 Å². The van der Waals surface area contributed by atoms with E-state index in [9.17, 15) is 9.59 Å². The number of methoxy groups -OCH3 is 1. The van der Waals surface area contributed by atoms with Crippen LogP contribution in [0.25, 0.3) is 0 Å². The smallest absolute Gasteiger partial charge is 0.350 e. The van der Waals surface area contributed by atoms with Crippen molar-refractivity contribution in [1.82, 2.24) is 0 Å². The summed E-state index contributed by atoms with van der Waals surface area (Å²) in [6, 6.07) is 1.67. The van der Waals surface area contributed by atoms with Gasteiger partial charge in [0.1, 0.15) is 16.4 Å². The first-order valence-corrected chi connectivity index (χ1v) is 6.87. The van der Waals surface area contributed by atoms with Crippen molar-refractivity contribution in [2.75, 3.05) is 12.4 Å². The van der Waals surface area contributed by atoms with Crippen molar-refractivity contribution >= 4 is 28.9 Å². The van der Waals surface area contributed by atoms with Crippen molar-refractivity contribution in [2.24, 2.45) is 0 Å². The summed E-state index contributed by atoms with van der Waals surface area (Å²) in [7, 11) is 1.31. The summed E-state index contributed by atoms with van der Waals surface area (Å²) in [5, 5.41) is 4.45. The van der Waals surface area contributed by atoms with Gasteiger partial charge in [0, 0.05) is 5.56 Å². The quantitative estimate of drug-likeness (QED) is 0.882. The Hall–Kier alpha value is -2.08. The maximum Gasteiger partial charge on any atom is 0.350 e. The number of hydrogen-bond donors (Lipinski definition) is 1. The molecule has 0 fully saturated rings. The number of anilines is 1. The van der Waals surface area contributed by atoms with Gasteiger partial charge in [-0.1, -0.05) is 0 Å². The predicted molar refractivity (Wildman–Crippen MR) is 76.5 cm³/mol. The lowest BCUT2D eigenvalue weighted by atomic mass is 10.1. The second-order valence-electron chi connectivity index (χ2n) is 4.32. The van der Waals surface area contributed by atoms with Gasteiger partial charge in [0.25, 0.3) is 5.91 Å². The summed E-state index contributed by atoms with van der Waals surface area (Å²) in [6.07, 6.45) is 0. The molecule has 2 rings (SSSR count). The van der Waals surface area contributed by atoms with E-state index in [0.29, 0.717) is 27.6 Å². The van der Waals surface area contributed by atoms with Crippen LogP contribution < -0.4 is 5.32 Å². The van der Waals surface area contributed by atoms with Crippen LogP contribution in [0.3, 0.4) is 0 Å². The first-order chi connectivity index (χ1) is 9.45. The lowest BCUT2D eigenvalue weighted by Crippen LogP contribution is -2.15. The lowest BCUT2D eigenvalue weighted by Gasteiger charge is -2.05. The van der Waals surface area contributed by atoms with Gasteiger partial charge in [-0.3, -0.25) is 4.79 Å². The first kappa shape index (κ1) is 14.3. The Morgan fingerprint density at radius 1 is 1.25 bits per heavy atom. The highest BCUT2D eigenvalue weighted by Crippen LogP contribution is 2.26. The molecule has 106 valence electrons. The number of amides is 1. The lowest BCUT2D eigenvalue weighted by molar-refractivity contribution is 0.0607. The zero-order valence-corrected chi connectivity index (χ0v) is 12.5. The van der Waals surface area contributed by atoms with Gasteiger partial charge in [-0.05, 0) is 32.2 Å². The molecule has 0 saturated heterocycles. The fraction of sp³-hybridized carbons (Fsp3) is 0.286. The molecule has 2 heterocycles. The minimum atomic E-state index is -0.466. The van der Waals surface area contributed by atoms with E-state index in [4.69, 9.17) is 4.42 Å². The predicted octanol–water partition coefficient (Wildman–Crippen LogP) is 3.31. The minimum Gasteiger partial charge on any atom is -0.466 e. The van der Waals surface area contributed by atoms with Gasteiger partial charge in [0.2, 0.25) is 0 Å². The van der Waals surface area contributed by atoms with E-state index in [1.807, 2.05) is 13.8 Å². The molecule has 0 radical (unpaired) electrons. The monoisotopic (exact) mass is 293 g/mol. The van der Waals surface area contributed by atoms with Crippen LogP contribution in [0.1, 0.15) is 37.1 Å². The van der Waals surface area contributed by atoms with Gasteiger partial charge in [-0.15, -0.1) is 11.3 Å². The molecule has 6 heteroatoms. The number of nitrogens with one attached hydrogen (secondary N) is 1. The van der Waals surface area contributed by atoms with Crippen molar-refractivity contribution in [1.29, 1.82) is 0 Å². The molecule has 0 aromatic carbocycles. The Morgan fingerprint density at radius 3 is 2.50 bits per heavy atom. The second kappa shape index (κ2) is 5.50. The molecule has 0 aliphatic carbocycles. The van der Waals surface area contributed by atoms with Crippen LogP contribution in [-0.2, 0) is 4.74 Å². The van der Waals surface area contributed by atoms with Gasteiger partial charge in [0.15, 0.2) is 0 Å². The van der Waals surface area contributed by atoms with Gasteiger partial charge in [-0.2, -0.15) is 0 Å². The maximum absolute atomic E-state index is 12.3. The standard InChI is InChI=1S/C14H15NO4S/c1-7-8(2)19-9(3)11(7)13(16)15-10-5-6-20-12(10)14(17)18-4/h5-6H,1-4H3,(H,15,16).